The van der Waals surface area contributed by atoms with Crippen LogP contribution in [-0.4, -0.2) is 14.7 Å². The van der Waals surface area contributed by atoms with Gasteiger partial charge in [0.1, 0.15) is 0 Å². The molecule has 0 saturated carbocycles. The van der Waals surface area contributed by atoms with E-state index in [-0.39, 0.29) is 12.1 Å². The van der Waals surface area contributed by atoms with E-state index in [9.17, 15) is 0 Å². The molecule has 0 radical (unpaired) electrons. The summed E-state index contributed by atoms with van der Waals surface area (Å²) in [5.74, 6) is 0. The van der Waals surface area contributed by atoms with Crippen LogP contribution in [0.5, 0.6) is 0 Å². The molecule has 4 aromatic rings. The molecule has 0 bridgehead atoms. The molecule has 1 aliphatic heterocycles. The van der Waals surface area contributed by atoms with Gasteiger partial charge in [0.25, 0.3) is 0 Å². The molecule has 1 aliphatic rings. The van der Waals surface area contributed by atoms with Crippen LogP contribution in [0, 0.1) is 20.8 Å². The maximum absolute atomic E-state index is 6.37. The van der Waals surface area contributed by atoms with Crippen molar-refractivity contribution >= 4 is 34.6 Å². The Hall–Kier alpha value is -3.15. The lowest BCUT2D eigenvalue weighted by Gasteiger charge is -2.29. The largest absolute Gasteiger partial charge is 0.351 e. The second-order valence-corrected chi connectivity index (χ2v) is 9.86. The summed E-state index contributed by atoms with van der Waals surface area (Å²) >= 11 is 12.3. The van der Waals surface area contributed by atoms with Gasteiger partial charge in [-0.05, 0) is 93.0 Å². The van der Waals surface area contributed by atoms with Gasteiger partial charge in [-0.1, -0.05) is 42.8 Å². The molecule has 2 aromatic carbocycles. The standard InChI is InChI=1S/C29H29ClN4S/c1-5-21-12-14-23(15-13-21)34-28(27(32-29(34)35)25-11-6-7-16-31-25)26-18(2)19(3)33(20(26)4)24-10-8-9-22(30)17-24/h6-17,27-28H,5H2,1-4H3,(H,32,35)/t27-,28+/m1/s1. The lowest BCUT2D eigenvalue weighted by atomic mass is 9.93. The maximum atomic E-state index is 6.37. The maximum Gasteiger partial charge on any atom is 0.174 e. The molecule has 35 heavy (non-hydrogen) atoms. The molecule has 2 aromatic heterocycles. The van der Waals surface area contributed by atoms with Gasteiger partial charge in [0.05, 0.1) is 17.8 Å². The van der Waals surface area contributed by atoms with Crippen molar-refractivity contribution in [3.05, 3.63) is 112 Å². The number of nitrogens with one attached hydrogen (secondary N) is 1. The number of halogens is 1. The second kappa shape index (κ2) is 9.48. The summed E-state index contributed by atoms with van der Waals surface area (Å²) < 4.78 is 2.30. The molecule has 1 fully saturated rings. The quantitative estimate of drug-likeness (QED) is 0.294. The summed E-state index contributed by atoms with van der Waals surface area (Å²) in [4.78, 5) is 6.97. The van der Waals surface area contributed by atoms with Crippen LogP contribution < -0.4 is 10.2 Å². The number of hydrogen-bond acceptors (Lipinski definition) is 2. The first kappa shape index (κ1) is 23.6. The van der Waals surface area contributed by atoms with Gasteiger partial charge < -0.3 is 14.8 Å². The summed E-state index contributed by atoms with van der Waals surface area (Å²) in [5.41, 5.74) is 9.28. The lowest BCUT2D eigenvalue weighted by molar-refractivity contribution is 0.563. The van der Waals surface area contributed by atoms with Crippen molar-refractivity contribution < 1.29 is 0 Å². The van der Waals surface area contributed by atoms with E-state index < -0.39 is 0 Å². The Bertz CT molecular complexity index is 1380. The summed E-state index contributed by atoms with van der Waals surface area (Å²) in [5, 5.41) is 5.03. The van der Waals surface area contributed by atoms with Crippen LogP contribution in [0.3, 0.4) is 0 Å². The fourth-order valence-corrected chi connectivity index (χ4v) is 5.79. The highest BCUT2D eigenvalue weighted by Crippen LogP contribution is 2.45. The number of rotatable bonds is 5. The normalized spacial score (nSPS) is 17.6. The van der Waals surface area contributed by atoms with Gasteiger partial charge in [0, 0.05) is 39.5 Å². The Balaban J connectivity index is 1.71. The molecule has 0 spiro atoms. The van der Waals surface area contributed by atoms with E-state index in [0.717, 1.165) is 28.5 Å². The summed E-state index contributed by atoms with van der Waals surface area (Å²) in [6.45, 7) is 8.73. The molecule has 2 atom stereocenters. The van der Waals surface area contributed by atoms with E-state index in [4.69, 9.17) is 28.8 Å². The topological polar surface area (TPSA) is 33.1 Å². The third-order valence-corrected chi connectivity index (χ3v) is 7.64. The van der Waals surface area contributed by atoms with Crippen molar-refractivity contribution in [2.24, 2.45) is 0 Å². The van der Waals surface area contributed by atoms with E-state index in [1.165, 1.54) is 28.1 Å². The number of hydrogen-bond donors (Lipinski definition) is 1. The zero-order valence-electron chi connectivity index (χ0n) is 20.4. The zero-order chi connectivity index (χ0) is 24.7. The molecule has 5 rings (SSSR count). The van der Waals surface area contributed by atoms with Crippen LogP contribution in [0.15, 0.2) is 72.9 Å². The number of pyridine rings is 1. The highest BCUT2D eigenvalue weighted by molar-refractivity contribution is 7.80. The fourth-order valence-electron chi connectivity index (χ4n) is 5.26. The minimum Gasteiger partial charge on any atom is -0.351 e. The number of thiocarbonyl (C=S) groups is 1. The average Bonchev–Trinajstić information content (AvgIpc) is 3.31. The molecule has 3 heterocycles. The predicted molar refractivity (Wildman–Crippen MR) is 149 cm³/mol. The van der Waals surface area contributed by atoms with Crippen molar-refractivity contribution in [1.82, 2.24) is 14.9 Å². The van der Waals surface area contributed by atoms with Crippen molar-refractivity contribution in [2.45, 2.75) is 46.2 Å². The molecule has 178 valence electrons. The monoisotopic (exact) mass is 500 g/mol. The highest BCUT2D eigenvalue weighted by Gasteiger charge is 2.43. The van der Waals surface area contributed by atoms with Crippen molar-refractivity contribution in [1.29, 1.82) is 0 Å². The number of aryl methyl sites for hydroxylation is 1. The van der Waals surface area contributed by atoms with Gasteiger partial charge in [0.2, 0.25) is 0 Å². The van der Waals surface area contributed by atoms with Gasteiger partial charge >= 0.3 is 0 Å². The Kier molecular flexibility index (Phi) is 6.39. The molecule has 4 nitrogen and oxygen atoms in total. The third kappa shape index (κ3) is 4.13. The first-order valence-electron chi connectivity index (χ1n) is 11.9. The lowest BCUT2D eigenvalue weighted by Crippen LogP contribution is -2.29. The SMILES string of the molecule is CCc1ccc(N2C(=S)N[C@H](c3ccccn3)[C@@H]2c2c(C)c(C)n(-c3cccc(Cl)c3)c2C)cc1. The van der Waals surface area contributed by atoms with Gasteiger partial charge in [-0.2, -0.15) is 0 Å². The van der Waals surface area contributed by atoms with E-state index >= 15 is 0 Å². The summed E-state index contributed by atoms with van der Waals surface area (Å²) in [6.07, 6.45) is 2.85. The van der Waals surface area contributed by atoms with Crippen LogP contribution in [0.2, 0.25) is 5.02 Å². The molecular formula is C29H29ClN4S. The van der Waals surface area contributed by atoms with Gasteiger partial charge in [-0.3, -0.25) is 4.98 Å². The van der Waals surface area contributed by atoms with Crippen molar-refractivity contribution in [2.75, 3.05) is 4.90 Å². The zero-order valence-corrected chi connectivity index (χ0v) is 22.0. The highest BCUT2D eigenvalue weighted by atomic mass is 35.5. The van der Waals surface area contributed by atoms with Crippen LogP contribution in [0.25, 0.3) is 5.69 Å². The van der Waals surface area contributed by atoms with Crippen LogP contribution in [0.1, 0.15) is 52.8 Å². The Morgan fingerprint density at radius 1 is 0.943 bits per heavy atom. The van der Waals surface area contributed by atoms with Gasteiger partial charge in [0.15, 0.2) is 5.11 Å². The number of benzene rings is 2. The number of anilines is 1. The predicted octanol–water partition coefficient (Wildman–Crippen LogP) is 7.19. The minimum absolute atomic E-state index is 0.0518. The minimum atomic E-state index is -0.0819. The van der Waals surface area contributed by atoms with Crippen LogP contribution >= 0.6 is 23.8 Å². The Morgan fingerprint density at radius 2 is 1.71 bits per heavy atom. The molecule has 0 unspecified atom stereocenters. The molecule has 1 N–H and O–H groups in total. The Labute approximate surface area is 217 Å². The van der Waals surface area contributed by atoms with Crippen molar-refractivity contribution in [3.8, 4) is 5.69 Å². The third-order valence-electron chi connectivity index (χ3n) is 7.09. The molecule has 0 aliphatic carbocycles. The fraction of sp³-hybridized carbons (Fsp3) is 0.241. The van der Waals surface area contributed by atoms with Crippen LogP contribution in [0.4, 0.5) is 5.69 Å². The van der Waals surface area contributed by atoms with Gasteiger partial charge in [-0.25, -0.2) is 0 Å². The molecule has 6 heteroatoms. The average molecular weight is 501 g/mol. The van der Waals surface area contributed by atoms with E-state index in [1.807, 2.05) is 36.5 Å². The molecule has 1 saturated heterocycles. The van der Waals surface area contributed by atoms with Crippen LogP contribution in [-0.2, 0) is 6.42 Å². The summed E-state index contributed by atoms with van der Waals surface area (Å²) in [6, 6.07) is 22.7. The van der Waals surface area contributed by atoms with E-state index in [2.05, 4.69) is 78.9 Å². The van der Waals surface area contributed by atoms with E-state index in [0.29, 0.717) is 5.11 Å². The Morgan fingerprint density at radius 3 is 2.37 bits per heavy atom. The first-order chi connectivity index (χ1) is 16.9. The first-order valence-corrected chi connectivity index (χ1v) is 12.7. The molecule has 0 amide bonds. The second-order valence-electron chi connectivity index (χ2n) is 9.04. The van der Waals surface area contributed by atoms with Crippen molar-refractivity contribution in [3.63, 3.8) is 0 Å². The smallest absolute Gasteiger partial charge is 0.174 e. The summed E-state index contributed by atoms with van der Waals surface area (Å²) in [7, 11) is 0. The van der Waals surface area contributed by atoms with E-state index in [1.54, 1.807) is 0 Å². The molecular weight excluding hydrogens is 472 g/mol. The number of nitrogens with zero attached hydrogens (tertiary/aromatic N) is 3. The number of aromatic nitrogens is 2. The van der Waals surface area contributed by atoms with Gasteiger partial charge in [-0.15, -0.1) is 0 Å².